The quantitative estimate of drug-likeness (QED) is 0.834. The van der Waals surface area contributed by atoms with Gasteiger partial charge in [-0.05, 0) is 31.9 Å². The van der Waals surface area contributed by atoms with Gasteiger partial charge in [-0.2, -0.15) is 13.2 Å². The zero-order valence-corrected chi connectivity index (χ0v) is 13.4. The van der Waals surface area contributed by atoms with Gasteiger partial charge in [-0.3, -0.25) is 9.20 Å². The topological polar surface area (TPSA) is 37.6 Å². The summed E-state index contributed by atoms with van der Waals surface area (Å²) in [6.07, 6.45) is -1.94. The van der Waals surface area contributed by atoms with E-state index in [4.69, 9.17) is 0 Å². The second-order valence-electron chi connectivity index (χ2n) is 5.48. The Labute approximate surface area is 132 Å². The van der Waals surface area contributed by atoms with Crippen LogP contribution in [-0.2, 0) is 6.18 Å². The van der Waals surface area contributed by atoms with Gasteiger partial charge in [0.15, 0.2) is 0 Å². The van der Waals surface area contributed by atoms with E-state index in [1.54, 1.807) is 11.8 Å². The van der Waals surface area contributed by atoms with Gasteiger partial charge in [-0.15, -0.1) is 0 Å². The van der Waals surface area contributed by atoms with Crippen LogP contribution in [-0.4, -0.2) is 33.3 Å². The molecule has 23 heavy (non-hydrogen) atoms. The summed E-state index contributed by atoms with van der Waals surface area (Å²) in [5.74, 6) is -0.280. The van der Waals surface area contributed by atoms with Crippen molar-refractivity contribution in [2.45, 2.75) is 39.8 Å². The molecule has 0 fully saturated rings. The van der Waals surface area contributed by atoms with E-state index < -0.39 is 11.7 Å². The largest absolute Gasteiger partial charge is 0.417 e. The number of hydrogen-bond donors (Lipinski definition) is 0. The third-order valence-corrected chi connectivity index (χ3v) is 3.60. The summed E-state index contributed by atoms with van der Waals surface area (Å²) in [4.78, 5) is 18.6. The van der Waals surface area contributed by atoms with Crippen LogP contribution < -0.4 is 0 Å². The number of pyridine rings is 1. The number of hydrogen-bond acceptors (Lipinski definition) is 2. The number of halogens is 3. The number of imidazole rings is 1. The number of aryl methyl sites for hydroxylation is 1. The van der Waals surface area contributed by atoms with Gasteiger partial charge in [0.05, 0.1) is 11.3 Å². The molecule has 0 bridgehead atoms. The molecular weight excluding hydrogens is 307 g/mol. The molecule has 2 heterocycles. The van der Waals surface area contributed by atoms with Gasteiger partial charge in [0.2, 0.25) is 0 Å². The number of alkyl halides is 3. The second-order valence-corrected chi connectivity index (χ2v) is 5.48. The molecule has 0 aliphatic carbocycles. The summed E-state index contributed by atoms with van der Waals surface area (Å²) in [6, 6.07) is 2.27. The Kier molecular flexibility index (Phi) is 4.97. The van der Waals surface area contributed by atoms with Gasteiger partial charge >= 0.3 is 6.18 Å². The average molecular weight is 327 g/mol. The SMILES string of the molecule is CCCN(CCC)C(=O)c1c(C)nc2ccc(C(F)(F)F)cn12. The van der Waals surface area contributed by atoms with E-state index in [0.29, 0.717) is 24.4 Å². The third-order valence-electron chi connectivity index (χ3n) is 3.60. The first-order valence-electron chi connectivity index (χ1n) is 7.64. The molecule has 2 rings (SSSR count). The lowest BCUT2D eigenvalue weighted by molar-refractivity contribution is -0.137. The third kappa shape index (κ3) is 3.48. The minimum atomic E-state index is -4.46. The molecule has 7 heteroatoms. The van der Waals surface area contributed by atoms with E-state index in [1.807, 2.05) is 13.8 Å². The van der Waals surface area contributed by atoms with Crippen molar-refractivity contribution in [2.24, 2.45) is 0 Å². The molecular formula is C16H20F3N3O. The van der Waals surface area contributed by atoms with Crippen molar-refractivity contribution in [2.75, 3.05) is 13.1 Å². The monoisotopic (exact) mass is 327 g/mol. The fourth-order valence-corrected chi connectivity index (χ4v) is 2.59. The molecule has 0 saturated heterocycles. The predicted molar refractivity (Wildman–Crippen MR) is 81.4 cm³/mol. The van der Waals surface area contributed by atoms with E-state index in [0.717, 1.165) is 25.1 Å². The van der Waals surface area contributed by atoms with Crippen LogP contribution in [0.3, 0.4) is 0 Å². The maximum absolute atomic E-state index is 12.9. The van der Waals surface area contributed by atoms with E-state index in [2.05, 4.69) is 4.98 Å². The van der Waals surface area contributed by atoms with Crippen LogP contribution in [0.5, 0.6) is 0 Å². The summed E-state index contributed by atoms with van der Waals surface area (Å²) in [7, 11) is 0. The van der Waals surface area contributed by atoms with Crippen molar-refractivity contribution in [1.29, 1.82) is 0 Å². The fourth-order valence-electron chi connectivity index (χ4n) is 2.59. The number of carbonyl (C=O) groups is 1. The molecule has 1 amide bonds. The number of aromatic nitrogens is 2. The highest BCUT2D eigenvalue weighted by Gasteiger charge is 2.32. The summed E-state index contributed by atoms with van der Waals surface area (Å²) in [5, 5.41) is 0. The Hall–Kier alpha value is -2.05. The maximum Gasteiger partial charge on any atom is 0.417 e. The first kappa shape index (κ1) is 17.3. The van der Waals surface area contributed by atoms with Crippen LogP contribution in [0.2, 0.25) is 0 Å². The molecule has 4 nitrogen and oxygen atoms in total. The molecule has 0 aromatic carbocycles. The van der Waals surface area contributed by atoms with Crippen LogP contribution in [0, 0.1) is 6.92 Å². The van der Waals surface area contributed by atoms with Crippen molar-refractivity contribution < 1.29 is 18.0 Å². The molecule has 0 aliphatic heterocycles. The van der Waals surface area contributed by atoms with Gasteiger partial charge in [0.1, 0.15) is 11.3 Å². The number of carbonyl (C=O) groups excluding carboxylic acids is 1. The Morgan fingerprint density at radius 2 is 1.83 bits per heavy atom. The fraction of sp³-hybridized carbons (Fsp3) is 0.500. The van der Waals surface area contributed by atoms with E-state index in [1.165, 1.54) is 10.5 Å². The molecule has 0 saturated carbocycles. The van der Waals surface area contributed by atoms with Gasteiger partial charge in [-0.25, -0.2) is 4.98 Å². The lowest BCUT2D eigenvalue weighted by Gasteiger charge is -2.21. The molecule has 0 radical (unpaired) electrons. The van der Waals surface area contributed by atoms with Crippen molar-refractivity contribution in [3.05, 3.63) is 35.3 Å². The molecule has 2 aromatic rings. The molecule has 0 spiro atoms. The van der Waals surface area contributed by atoms with Crippen LogP contribution in [0.1, 0.15) is 48.4 Å². The summed E-state index contributed by atoms with van der Waals surface area (Å²) >= 11 is 0. The zero-order chi connectivity index (χ0) is 17.2. The van der Waals surface area contributed by atoms with Crippen LogP contribution in [0.25, 0.3) is 5.65 Å². The van der Waals surface area contributed by atoms with E-state index in [-0.39, 0.29) is 11.6 Å². The smallest absolute Gasteiger partial charge is 0.337 e. The number of amides is 1. The van der Waals surface area contributed by atoms with Crippen LogP contribution >= 0.6 is 0 Å². The number of nitrogens with zero attached hydrogens (tertiary/aromatic N) is 3. The molecule has 0 unspecified atom stereocenters. The molecule has 2 aromatic heterocycles. The number of fused-ring (bicyclic) bond motifs is 1. The van der Waals surface area contributed by atoms with Crippen molar-refractivity contribution in [1.82, 2.24) is 14.3 Å². The highest BCUT2D eigenvalue weighted by molar-refractivity contribution is 5.94. The predicted octanol–water partition coefficient (Wildman–Crippen LogP) is 3.92. The van der Waals surface area contributed by atoms with Gasteiger partial charge < -0.3 is 4.90 Å². The summed E-state index contributed by atoms with van der Waals surface area (Å²) in [5.41, 5.74) is 0.181. The van der Waals surface area contributed by atoms with Crippen molar-refractivity contribution in [3.63, 3.8) is 0 Å². The lowest BCUT2D eigenvalue weighted by atomic mass is 10.2. The molecule has 0 N–H and O–H groups in total. The molecule has 0 atom stereocenters. The number of rotatable bonds is 5. The first-order valence-corrected chi connectivity index (χ1v) is 7.64. The van der Waals surface area contributed by atoms with Crippen LogP contribution in [0.15, 0.2) is 18.3 Å². The minimum Gasteiger partial charge on any atom is -0.337 e. The van der Waals surface area contributed by atoms with Crippen molar-refractivity contribution >= 4 is 11.6 Å². The highest BCUT2D eigenvalue weighted by Crippen LogP contribution is 2.30. The Balaban J connectivity index is 2.54. The Morgan fingerprint density at radius 1 is 1.22 bits per heavy atom. The Bertz CT molecular complexity index is 700. The standard InChI is InChI=1S/C16H20F3N3O/c1-4-8-21(9-5-2)15(23)14-11(3)20-13-7-6-12(10-22(13)14)16(17,18)19/h6-7,10H,4-5,8-9H2,1-3H3. The first-order chi connectivity index (χ1) is 10.8. The minimum absolute atomic E-state index is 0.202. The van der Waals surface area contributed by atoms with Crippen LogP contribution in [0.4, 0.5) is 13.2 Å². The second kappa shape index (κ2) is 6.60. The van der Waals surface area contributed by atoms with E-state index in [9.17, 15) is 18.0 Å². The molecule has 0 aliphatic rings. The van der Waals surface area contributed by atoms with E-state index >= 15 is 0 Å². The zero-order valence-electron chi connectivity index (χ0n) is 13.4. The normalized spacial score (nSPS) is 11.9. The highest BCUT2D eigenvalue weighted by atomic mass is 19.4. The Morgan fingerprint density at radius 3 is 2.35 bits per heavy atom. The van der Waals surface area contributed by atoms with Gasteiger partial charge in [-0.1, -0.05) is 13.8 Å². The summed E-state index contributed by atoms with van der Waals surface area (Å²) < 4.78 is 40.0. The van der Waals surface area contributed by atoms with Gasteiger partial charge in [0, 0.05) is 19.3 Å². The average Bonchev–Trinajstić information content (AvgIpc) is 2.80. The van der Waals surface area contributed by atoms with Gasteiger partial charge in [0.25, 0.3) is 5.91 Å². The molecule has 126 valence electrons. The summed E-state index contributed by atoms with van der Waals surface area (Å²) in [6.45, 7) is 6.69. The van der Waals surface area contributed by atoms with Crippen molar-refractivity contribution in [3.8, 4) is 0 Å². The maximum atomic E-state index is 12.9. The lowest BCUT2D eigenvalue weighted by Crippen LogP contribution is -2.33.